The Morgan fingerprint density at radius 3 is 2.52 bits per heavy atom. The Kier molecular flexibility index (Phi) is 3.23. The third-order valence-corrected chi connectivity index (χ3v) is 4.88. The molecule has 112 valence electrons. The molecule has 1 aromatic rings. The summed E-state index contributed by atoms with van der Waals surface area (Å²) in [5, 5.41) is 9.16. The van der Waals surface area contributed by atoms with Crippen molar-refractivity contribution < 1.29 is 19.1 Å². The van der Waals surface area contributed by atoms with Crippen LogP contribution in [0.5, 0.6) is 0 Å². The number of nitrogens with zero attached hydrogens (tertiary/aromatic N) is 1. The first-order chi connectivity index (χ1) is 9.97. The lowest BCUT2D eigenvalue weighted by Gasteiger charge is -2.28. The molecule has 2 atom stereocenters. The van der Waals surface area contributed by atoms with Crippen molar-refractivity contribution in [1.29, 1.82) is 0 Å². The minimum atomic E-state index is -0.867. The number of rotatable bonds is 3. The molecule has 1 saturated carbocycles. The Balaban J connectivity index is 1.86. The van der Waals surface area contributed by atoms with Gasteiger partial charge < -0.3 is 10.0 Å². The fraction of sp³-hybridized carbons (Fsp3) is 0.500. The van der Waals surface area contributed by atoms with Crippen molar-refractivity contribution in [2.75, 3.05) is 6.54 Å². The number of carboxylic acid groups (broad SMARTS) is 1. The van der Waals surface area contributed by atoms with E-state index in [1.54, 1.807) is 30.0 Å². The summed E-state index contributed by atoms with van der Waals surface area (Å²) < 4.78 is 14.0. The lowest BCUT2D eigenvalue weighted by atomic mass is 9.93. The van der Waals surface area contributed by atoms with Gasteiger partial charge in [-0.05, 0) is 32.3 Å². The third kappa shape index (κ3) is 2.11. The molecule has 1 aromatic carbocycles. The largest absolute Gasteiger partial charge is 0.481 e. The first-order valence-electron chi connectivity index (χ1n) is 7.26. The van der Waals surface area contributed by atoms with Crippen LogP contribution in [-0.4, -0.2) is 34.5 Å². The number of likely N-dealkylation sites (tertiary alicyclic amines) is 1. The van der Waals surface area contributed by atoms with E-state index >= 15 is 0 Å². The van der Waals surface area contributed by atoms with Gasteiger partial charge >= 0.3 is 5.97 Å². The van der Waals surface area contributed by atoms with Crippen LogP contribution in [0.25, 0.3) is 0 Å². The zero-order valence-corrected chi connectivity index (χ0v) is 11.9. The van der Waals surface area contributed by atoms with Crippen LogP contribution >= 0.6 is 0 Å². The zero-order valence-electron chi connectivity index (χ0n) is 11.9. The van der Waals surface area contributed by atoms with Gasteiger partial charge in [-0.2, -0.15) is 0 Å². The fourth-order valence-corrected chi connectivity index (χ4v) is 3.40. The maximum atomic E-state index is 14.0. The number of carbonyl (C=O) groups is 2. The fourth-order valence-electron chi connectivity index (χ4n) is 3.40. The van der Waals surface area contributed by atoms with Crippen LogP contribution in [0.1, 0.15) is 31.7 Å². The van der Waals surface area contributed by atoms with Crippen molar-refractivity contribution in [2.45, 2.75) is 37.6 Å². The van der Waals surface area contributed by atoms with E-state index in [-0.39, 0.29) is 17.8 Å². The summed E-state index contributed by atoms with van der Waals surface area (Å²) in [5.74, 6) is -1.87. The molecule has 1 amide bonds. The molecule has 5 heteroatoms. The number of carbonyl (C=O) groups excluding carboxylic acids is 1. The summed E-state index contributed by atoms with van der Waals surface area (Å²) in [7, 11) is 0. The molecule has 0 bridgehead atoms. The monoisotopic (exact) mass is 291 g/mol. The molecule has 0 radical (unpaired) electrons. The van der Waals surface area contributed by atoms with E-state index in [0.717, 1.165) is 0 Å². The Morgan fingerprint density at radius 1 is 1.33 bits per heavy atom. The normalized spacial score (nSPS) is 26.7. The van der Waals surface area contributed by atoms with Gasteiger partial charge in [0, 0.05) is 18.2 Å². The summed E-state index contributed by atoms with van der Waals surface area (Å²) in [6.07, 6.45) is 1.73. The van der Waals surface area contributed by atoms with Crippen molar-refractivity contribution in [2.24, 2.45) is 5.92 Å². The summed E-state index contributed by atoms with van der Waals surface area (Å²) in [5.41, 5.74) is -0.325. The first kappa shape index (κ1) is 14.0. The third-order valence-electron chi connectivity index (χ3n) is 4.88. The molecule has 4 nitrogen and oxygen atoms in total. The van der Waals surface area contributed by atoms with Gasteiger partial charge in [-0.3, -0.25) is 9.59 Å². The predicted molar refractivity (Wildman–Crippen MR) is 74.2 cm³/mol. The van der Waals surface area contributed by atoms with Crippen LogP contribution in [0.2, 0.25) is 0 Å². The number of carboxylic acids is 1. The second-order valence-electron chi connectivity index (χ2n) is 6.03. The van der Waals surface area contributed by atoms with E-state index in [1.165, 1.54) is 6.07 Å². The second-order valence-corrected chi connectivity index (χ2v) is 6.03. The van der Waals surface area contributed by atoms with E-state index in [2.05, 4.69) is 0 Å². The van der Waals surface area contributed by atoms with Crippen LogP contribution in [0, 0.1) is 11.7 Å². The lowest BCUT2D eigenvalue weighted by Crippen LogP contribution is -2.43. The molecule has 1 N–H and O–H groups in total. The minimum absolute atomic E-state index is 0.121. The smallest absolute Gasteiger partial charge is 0.308 e. The quantitative estimate of drug-likeness (QED) is 0.928. The maximum Gasteiger partial charge on any atom is 0.308 e. The summed E-state index contributed by atoms with van der Waals surface area (Å²) in [4.78, 5) is 25.6. The van der Waals surface area contributed by atoms with E-state index in [9.17, 15) is 14.0 Å². The van der Waals surface area contributed by atoms with Crippen molar-refractivity contribution in [3.63, 3.8) is 0 Å². The molecule has 2 unspecified atom stereocenters. The van der Waals surface area contributed by atoms with Crippen LogP contribution in [-0.2, 0) is 15.0 Å². The highest BCUT2D eigenvalue weighted by Crippen LogP contribution is 2.51. The standard InChI is InChI=1S/C16H18FNO3/c1-10-11(14(19)20)6-9-18(10)15(21)16(7-8-16)12-4-2-3-5-13(12)17/h2-5,10-11H,6-9H2,1H3,(H,19,20). The minimum Gasteiger partial charge on any atom is -0.481 e. The highest BCUT2D eigenvalue weighted by molar-refractivity contribution is 5.92. The molecule has 0 aromatic heterocycles. The van der Waals surface area contributed by atoms with Crippen LogP contribution < -0.4 is 0 Å². The number of hydrogen-bond donors (Lipinski definition) is 1. The molecule has 0 spiro atoms. The van der Waals surface area contributed by atoms with Crippen LogP contribution in [0.15, 0.2) is 24.3 Å². The van der Waals surface area contributed by atoms with Gasteiger partial charge in [-0.25, -0.2) is 4.39 Å². The van der Waals surface area contributed by atoms with Gasteiger partial charge in [0.1, 0.15) is 5.82 Å². The molecular weight excluding hydrogens is 273 g/mol. The predicted octanol–water partition coefficient (Wildman–Crippen LogP) is 2.18. The SMILES string of the molecule is CC1C(C(=O)O)CCN1C(=O)C1(c2ccccc2F)CC1. The van der Waals surface area contributed by atoms with Gasteiger partial charge in [0.2, 0.25) is 5.91 Å². The van der Waals surface area contributed by atoms with Gasteiger partial charge in [0.25, 0.3) is 0 Å². The summed E-state index contributed by atoms with van der Waals surface area (Å²) in [6.45, 7) is 2.20. The average Bonchev–Trinajstić information content (AvgIpc) is 3.16. The van der Waals surface area contributed by atoms with Crippen LogP contribution in [0.4, 0.5) is 4.39 Å². The van der Waals surface area contributed by atoms with Gasteiger partial charge in [0.15, 0.2) is 0 Å². The number of halogens is 1. The molecule has 2 aliphatic rings. The Labute approximate surface area is 122 Å². The topological polar surface area (TPSA) is 57.6 Å². The molecule has 1 heterocycles. The van der Waals surface area contributed by atoms with Crippen molar-refractivity contribution in [3.8, 4) is 0 Å². The summed E-state index contributed by atoms with van der Waals surface area (Å²) in [6, 6.07) is 6.04. The van der Waals surface area contributed by atoms with Gasteiger partial charge in [0.05, 0.1) is 11.3 Å². The Morgan fingerprint density at radius 2 is 2.00 bits per heavy atom. The molecule has 1 aliphatic heterocycles. The Bertz CT molecular complexity index is 597. The van der Waals surface area contributed by atoms with Crippen LogP contribution in [0.3, 0.4) is 0 Å². The summed E-state index contributed by atoms with van der Waals surface area (Å²) >= 11 is 0. The van der Waals surface area contributed by atoms with E-state index in [4.69, 9.17) is 5.11 Å². The number of hydrogen-bond acceptors (Lipinski definition) is 2. The average molecular weight is 291 g/mol. The second kappa shape index (κ2) is 4.83. The van der Waals surface area contributed by atoms with E-state index in [1.807, 2.05) is 0 Å². The van der Waals surface area contributed by atoms with E-state index in [0.29, 0.717) is 31.4 Å². The van der Waals surface area contributed by atoms with Crippen molar-refractivity contribution >= 4 is 11.9 Å². The van der Waals surface area contributed by atoms with E-state index < -0.39 is 17.3 Å². The highest BCUT2D eigenvalue weighted by Gasteiger charge is 2.56. The molecule has 2 fully saturated rings. The first-order valence-corrected chi connectivity index (χ1v) is 7.26. The molecule has 3 rings (SSSR count). The number of aliphatic carboxylic acids is 1. The number of benzene rings is 1. The maximum absolute atomic E-state index is 14.0. The van der Waals surface area contributed by atoms with Gasteiger partial charge in [-0.1, -0.05) is 18.2 Å². The van der Waals surface area contributed by atoms with Crippen molar-refractivity contribution in [1.82, 2.24) is 4.90 Å². The number of amides is 1. The Hall–Kier alpha value is -1.91. The lowest BCUT2D eigenvalue weighted by molar-refractivity contribution is -0.143. The molecule has 21 heavy (non-hydrogen) atoms. The highest BCUT2D eigenvalue weighted by atomic mass is 19.1. The molecule has 1 aliphatic carbocycles. The molecular formula is C16H18FNO3. The van der Waals surface area contributed by atoms with Crippen molar-refractivity contribution in [3.05, 3.63) is 35.6 Å². The zero-order chi connectivity index (χ0) is 15.2. The van der Waals surface area contributed by atoms with Gasteiger partial charge in [-0.15, -0.1) is 0 Å². The molecule has 1 saturated heterocycles.